The molecular formula is C11H25O4P. The Hall–Kier alpha value is 0.110. The molecule has 0 saturated carbocycles. The maximum absolute atomic E-state index is 12.3. The maximum Gasteiger partial charge on any atom is 0.475 e. The normalized spacial score (nSPS) is 14.8. The lowest BCUT2D eigenvalue weighted by Gasteiger charge is -2.24. The molecule has 0 radical (unpaired) electrons. The van der Waals surface area contributed by atoms with Crippen molar-refractivity contribution in [3.63, 3.8) is 0 Å². The van der Waals surface area contributed by atoms with Crippen LogP contribution in [0.15, 0.2) is 0 Å². The molecule has 0 bridgehead atoms. The van der Waals surface area contributed by atoms with Crippen LogP contribution < -0.4 is 0 Å². The van der Waals surface area contributed by atoms with Crippen molar-refractivity contribution in [1.82, 2.24) is 0 Å². The molecule has 4 nitrogen and oxygen atoms in total. The zero-order chi connectivity index (χ0) is 12.8. The van der Waals surface area contributed by atoms with Crippen molar-refractivity contribution in [2.75, 3.05) is 0 Å². The summed E-state index contributed by atoms with van der Waals surface area (Å²) in [5, 5.41) is 0. The quantitative estimate of drug-likeness (QED) is 0.609. The number of phosphoric acid groups is 1. The van der Waals surface area contributed by atoms with Gasteiger partial charge in [-0.2, -0.15) is 0 Å². The van der Waals surface area contributed by atoms with Crippen molar-refractivity contribution in [3.05, 3.63) is 0 Å². The number of hydrogen-bond donors (Lipinski definition) is 0. The van der Waals surface area contributed by atoms with Gasteiger partial charge in [0.25, 0.3) is 0 Å². The van der Waals surface area contributed by atoms with E-state index in [-0.39, 0.29) is 18.3 Å². The van der Waals surface area contributed by atoms with Crippen LogP contribution in [0.25, 0.3) is 0 Å². The molecule has 1 atom stereocenters. The van der Waals surface area contributed by atoms with E-state index in [0.29, 0.717) is 0 Å². The summed E-state index contributed by atoms with van der Waals surface area (Å²) in [7, 11) is -3.42. The second-order valence-electron chi connectivity index (χ2n) is 4.46. The largest absolute Gasteiger partial charge is 0.475 e. The highest BCUT2D eigenvalue weighted by Gasteiger charge is 2.31. The standard InChI is InChI=1S/C11H25O4P/c1-7-8-11(6)15-16(12,13-9(2)3)14-10(4)5/h9-11H,7-8H2,1-6H3. The summed E-state index contributed by atoms with van der Waals surface area (Å²) in [4.78, 5) is 0. The Morgan fingerprint density at radius 3 is 1.69 bits per heavy atom. The lowest BCUT2D eigenvalue weighted by Crippen LogP contribution is -2.14. The van der Waals surface area contributed by atoms with E-state index in [1.807, 2.05) is 34.6 Å². The van der Waals surface area contributed by atoms with Gasteiger partial charge in [0.05, 0.1) is 18.3 Å². The van der Waals surface area contributed by atoms with E-state index < -0.39 is 7.82 Å². The minimum atomic E-state index is -3.42. The summed E-state index contributed by atoms with van der Waals surface area (Å²) in [6.45, 7) is 11.2. The van der Waals surface area contributed by atoms with Gasteiger partial charge in [0, 0.05) is 0 Å². The lowest BCUT2D eigenvalue weighted by atomic mass is 10.2. The smallest absolute Gasteiger partial charge is 0.284 e. The summed E-state index contributed by atoms with van der Waals surface area (Å²) < 4.78 is 28.2. The molecule has 0 fully saturated rings. The van der Waals surface area contributed by atoms with Crippen molar-refractivity contribution < 1.29 is 18.1 Å². The maximum atomic E-state index is 12.3. The summed E-state index contributed by atoms with van der Waals surface area (Å²) in [5.41, 5.74) is 0. The highest BCUT2D eigenvalue weighted by atomic mass is 31.2. The number of hydrogen-bond acceptors (Lipinski definition) is 4. The van der Waals surface area contributed by atoms with Gasteiger partial charge in [-0.3, -0.25) is 13.6 Å². The first-order valence-corrected chi connectivity index (χ1v) is 7.40. The van der Waals surface area contributed by atoms with E-state index in [9.17, 15) is 4.57 Å². The fourth-order valence-corrected chi connectivity index (χ4v) is 3.00. The third kappa shape index (κ3) is 7.39. The van der Waals surface area contributed by atoms with Crippen LogP contribution in [0.1, 0.15) is 54.4 Å². The number of rotatable bonds is 8. The van der Waals surface area contributed by atoms with Crippen molar-refractivity contribution >= 4 is 7.82 Å². The van der Waals surface area contributed by atoms with Gasteiger partial charge in [-0.05, 0) is 41.0 Å². The minimum Gasteiger partial charge on any atom is -0.284 e. The summed E-state index contributed by atoms with van der Waals surface area (Å²) in [6, 6.07) is 0. The Bertz CT molecular complexity index is 214. The van der Waals surface area contributed by atoms with Crippen LogP contribution in [0.2, 0.25) is 0 Å². The van der Waals surface area contributed by atoms with Gasteiger partial charge in [-0.15, -0.1) is 0 Å². The molecule has 0 rings (SSSR count). The van der Waals surface area contributed by atoms with Gasteiger partial charge >= 0.3 is 7.82 Å². The van der Waals surface area contributed by atoms with Crippen LogP contribution in [-0.2, 0) is 18.1 Å². The molecular weight excluding hydrogens is 227 g/mol. The highest BCUT2D eigenvalue weighted by molar-refractivity contribution is 7.48. The van der Waals surface area contributed by atoms with Gasteiger partial charge in [0.1, 0.15) is 0 Å². The molecule has 0 aromatic carbocycles. The Labute approximate surface area is 99.3 Å². The monoisotopic (exact) mass is 252 g/mol. The summed E-state index contributed by atoms with van der Waals surface area (Å²) >= 11 is 0. The van der Waals surface area contributed by atoms with Crippen LogP contribution in [0, 0.1) is 0 Å². The Kier molecular flexibility index (Phi) is 7.49. The first-order chi connectivity index (χ1) is 7.29. The third-order valence-electron chi connectivity index (χ3n) is 1.68. The zero-order valence-electron chi connectivity index (χ0n) is 11.2. The molecule has 0 aliphatic carbocycles. The lowest BCUT2D eigenvalue weighted by molar-refractivity contribution is 0.0493. The van der Waals surface area contributed by atoms with Crippen LogP contribution in [0.3, 0.4) is 0 Å². The molecule has 0 aliphatic rings. The predicted octanol–water partition coefficient (Wildman–Crippen LogP) is 4.15. The molecule has 0 aromatic heterocycles. The second kappa shape index (κ2) is 7.44. The predicted molar refractivity (Wildman–Crippen MR) is 65.5 cm³/mol. The molecule has 0 aliphatic heterocycles. The first kappa shape index (κ1) is 16.1. The van der Waals surface area contributed by atoms with E-state index >= 15 is 0 Å². The molecule has 1 unspecified atom stereocenters. The van der Waals surface area contributed by atoms with Crippen LogP contribution in [0.5, 0.6) is 0 Å². The van der Waals surface area contributed by atoms with Gasteiger partial charge in [-0.1, -0.05) is 13.3 Å². The topological polar surface area (TPSA) is 44.8 Å². The molecule has 98 valence electrons. The third-order valence-corrected chi connectivity index (χ3v) is 3.66. The van der Waals surface area contributed by atoms with Crippen molar-refractivity contribution in [1.29, 1.82) is 0 Å². The summed E-state index contributed by atoms with van der Waals surface area (Å²) in [6.07, 6.45) is 1.34. The fraction of sp³-hybridized carbons (Fsp3) is 1.00. The SMILES string of the molecule is CCCC(C)OP(=O)(OC(C)C)OC(C)C. The average molecular weight is 252 g/mol. The van der Waals surface area contributed by atoms with E-state index in [4.69, 9.17) is 13.6 Å². The Morgan fingerprint density at radius 1 is 0.938 bits per heavy atom. The van der Waals surface area contributed by atoms with Crippen LogP contribution in [-0.4, -0.2) is 18.3 Å². The molecule has 0 spiro atoms. The Balaban J connectivity index is 4.46. The van der Waals surface area contributed by atoms with Gasteiger partial charge in [0.2, 0.25) is 0 Å². The summed E-state index contributed by atoms with van der Waals surface area (Å²) in [5.74, 6) is 0. The second-order valence-corrected chi connectivity index (χ2v) is 5.99. The Morgan fingerprint density at radius 2 is 1.38 bits per heavy atom. The van der Waals surface area contributed by atoms with E-state index in [1.54, 1.807) is 0 Å². The van der Waals surface area contributed by atoms with Crippen LogP contribution >= 0.6 is 7.82 Å². The first-order valence-electron chi connectivity index (χ1n) is 5.94. The fourth-order valence-electron chi connectivity index (χ4n) is 1.27. The molecule has 0 N–H and O–H groups in total. The molecule has 0 aromatic rings. The molecule has 0 saturated heterocycles. The highest BCUT2D eigenvalue weighted by Crippen LogP contribution is 2.52. The van der Waals surface area contributed by atoms with Crippen molar-refractivity contribution in [3.8, 4) is 0 Å². The van der Waals surface area contributed by atoms with Gasteiger partial charge in [-0.25, -0.2) is 4.57 Å². The number of phosphoric ester groups is 1. The van der Waals surface area contributed by atoms with E-state index in [0.717, 1.165) is 12.8 Å². The van der Waals surface area contributed by atoms with Crippen LogP contribution in [0.4, 0.5) is 0 Å². The molecule has 0 heterocycles. The van der Waals surface area contributed by atoms with Gasteiger partial charge in [0.15, 0.2) is 0 Å². The molecule has 0 amide bonds. The zero-order valence-corrected chi connectivity index (χ0v) is 12.1. The molecule has 16 heavy (non-hydrogen) atoms. The minimum absolute atomic E-state index is 0.117. The van der Waals surface area contributed by atoms with Crippen molar-refractivity contribution in [2.45, 2.75) is 72.7 Å². The van der Waals surface area contributed by atoms with Crippen molar-refractivity contribution in [2.24, 2.45) is 0 Å². The van der Waals surface area contributed by atoms with E-state index in [1.165, 1.54) is 0 Å². The van der Waals surface area contributed by atoms with E-state index in [2.05, 4.69) is 6.92 Å². The van der Waals surface area contributed by atoms with Gasteiger partial charge < -0.3 is 0 Å². The molecule has 5 heteroatoms. The average Bonchev–Trinajstić information content (AvgIpc) is 1.98.